The fourth-order valence-electron chi connectivity index (χ4n) is 1.23. The SMILES string of the molecule is CNC(=O)C(C)(C)CNCCCC(F)(F)F. The molecule has 0 saturated carbocycles. The van der Waals surface area contributed by atoms with Gasteiger partial charge in [-0.05, 0) is 26.8 Å². The first kappa shape index (κ1) is 15.2. The zero-order chi connectivity index (χ0) is 12.8. The zero-order valence-corrected chi connectivity index (χ0v) is 9.87. The molecule has 0 saturated heterocycles. The number of amides is 1. The Morgan fingerprint density at radius 1 is 1.25 bits per heavy atom. The van der Waals surface area contributed by atoms with E-state index in [0.717, 1.165) is 0 Å². The number of nitrogens with one attached hydrogen (secondary N) is 2. The summed E-state index contributed by atoms with van der Waals surface area (Å²) in [6.07, 6.45) is -4.86. The number of hydrogen-bond acceptors (Lipinski definition) is 2. The molecule has 3 nitrogen and oxygen atoms in total. The van der Waals surface area contributed by atoms with E-state index in [1.807, 2.05) is 0 Å². The van der Waals surface area contributed by atoms with Crippen LogP contribution in [0.5, 0.6) is 0 Å². The Hall–Kier alpha value is -0.780. The molecular weight excluding hydrogens is 221 g/mol. The minimum Gasteiger partial charge on any atom is -0.359 e. The van der Waals surface area contributed by atoms with Gasteiger partial charge in [0.05, 0.1) is 5.41 Å². The maximum absolute atomic E-state index is 11.8. The Morgan fingerprint density at radius 2 is 1.81 bits per heavy atom. The van der Waals surface area contributed by atoms with Gasteiger partial charge in [-0.2, -0.15) is 13.2 Å². The Balaban J connectivity index is 3.70. The van der Waals surface area contributed by atoms with Gasteiger partial charge in [0.1, 0.15) is 0 Å². The van der Waals surface area contributed by atoms with Crippen LogP contribution in [0.3, 0.4) is 0 Å². The third kappa shape index (κ3) is 6.66. The van der Waals surface area contributed by atoms with Crippen molar-refractivity contribution < 1.29 is 18.0 Å². The first-order valence-corrected chi connectivity index (χ1v) is 5.19. The molecule has 96 valence electrons. The lowest BCUT2D eigenvalue weighted by Crippen LogP contribution is -2.42. The van der Waals surface area contributed by atoms with E-state index >= 15 is 0 Å². The van der Waals surface area contributed by atoms with Crippen molar-refractivity contribution in [3.8, 4) is 0 Å². The van der Waals surface area contributed by atoms with Gasteiger partial charge in [-0.3, -0.25) is 4.79 Å². The molecule has 6 heteroatoms. The summed E-state index contributed by atoms with van der Waals surface area (Å²) in [5, 5.41) is 5.36. The third-order valence-electron chi connectivity index (χ3n) is 2.22. The number of rotatable bonds is 6. The predicted octanol–water partition coefficient (Wildman–Crippen LogP) is 1.69. The number of alkyl halides is 3. The van der Waals surface area contributed by atoms with Crippen LogP contribution in [0.2, 0.25) is 0 Å². The Labute approximate surface area is 93.8 Å². The summed E-state index contributed by atoms with van der Waals surface area (Å²) in [5.41, 5.74) is -0.604. The maximum atomic E-state index is 11.8. The van der Waals surface area contributed by atoms with Crippen LogP contribution in [0.4, 0.5) is 13.2 Å². The molecule has 0 aromatic carbocycles. The highest BCUT2D eigenvalue weighted by molar-refractivity contribution is 5.81. The van der Waals surface area contributed by atoms with Crippen molar-refractivity contribution >= 4 is 5.91 Å². The third-order valence-corrected chi connectivity index (χ3v) is 2.22. The molecule has 0 heterocycles. The molecule has 0 bridgehead atoms. The molecule has 0 rings (SSSR count). The highest BCUT2D eigenvalue weighted by Gasteiger charge is 2.27. The van der Waals surface area contributed by atoms with Crippen LogP contribution in [0.25, 0.3) is 0 Å². The highest BCUT2D eigenvalue weighted by atomic mass is 19.4. The van der Waals surface area contributed by atoms with E-state index in [4.69, 9.17) is 0 Å². The predicted molar refractivity (Wildman–Crippen MR) is 56.0 cm³/mol. The minimum atomic E-state index is -4.10. The van der Waals surface area contributed by atoms with Gasteiger partial charge in [-0.15, -0.1) is 0 Å². The molecule has 16 heavy (non-hydrogen) atoms. The second kappa shape index (κ2) is 6.08. The number of carbonyl (C=O) groups is 1. The summed E-state index contributed by atoms with van der Waals surface area (Å²) in [7, 11) is 1.54. The fraction of sp³-hybridized carbons (Fsp3) is 0.900. The standard InChI is InChI=1S/C10H19F3N2O/c1-9(2,8(16)14-3)7-15-6-4-5-10(11,12)13/h15H,4-7H2,1-3H3,(H,14,16). The van der Waals surface area contributed by atoms with Crippen LogP contribution in [0, 0.1) is 5.41 Å². The van der Waals surface area contributed by atoms with Gasteiger partial charge in [0, 0.05) is 20.0 Å². The van der Waals surface area contributed by atoms with Crippen molar-refractivity contribution in [2.24, 2.45) is 5.41 Å². The topological polar surface area (TPSA) is 41.1 Å². The van der Waals surface area contributed by atoms with Crippen LogP contribution in [0.1, 0.15) is 26.7 Å². The normalized spacial score (nSPS) is 12.6. The molecule has 0 fully saturated rings. The summed E-state index contributed by atoms with van der Waals surface area (Å²) < 4.78 is 35.4. The number of halogens is 3. The monoisotopic (exact) mass is 240 g/mol. The van der Waals surface area contributed by atoms with E-state index in [-0.39, 0.29) is 18.9 Å². The molecular formula is C10H19F3N2O. The molecule has 0 aliphatic rings. The average molecular weight is 240 g/mol. The highest BCUT2D eigenvalue weighted by Crippen LogP contribution is 2.20. The lowest BCUT2D eigenvalue weighted by Gasteiger charge is -2.22. The molecule has 0 aromatic rings. The molecule has 0 aliphatic heterocycles. The largest absolute Gasteiger partial charge is 0.389 e. The first-order chi connectivity index (χ1) is 7.19. The van der Waals surface area contributed by atoms with Crippen LogP contribution < -0.4 is 10.6 Å². The smallest absolute Gasteiger partial charge is 0.359 e. The van der Waals surface area contributed by atoms with E-state index in [0.29, 0.717) is 6.54 Å². The minimum absolute atomic E-state index is 0.0350. The lowest BCUT2D eigenvalue weighted by molar-refractivity contribution is -0.135. The van der Waals surface area contributed by atoms with Crippen molar-refractivity contribution in [1.82, 2.24) is 10.6 Å². The van der Waals surface area contributed by atoms with Crippen molar-refractivity contribution in [3.63, 3.8) is 0 Å². The van der Waals surface area contributed by atoms with Gasteiger partial charge in [-0.25, -0.2) is 0 Å². The van der Waals surface area contributed by atoms with E-state index in [1.54, 1.807) is 13.8 Å². The van der Waals surface area contributed by atoms with Gasteiger partial charge >= 0.3 is 6.18 Å². The summed E-state index contributed by atoms with van der Waals surface area (Å²) in [4.78, 5) is 11.3. The van der Waals surface area contributed by atoms with E-state index in [1.165, 1.54) is 7.05 Å². The Kier molecular flexibility index (Phi) is 5.78. The lowest BCUT2D eigenvalue weighted by atomic mass is 9.92. The molecule has 0 radical (unpaired) electrons. The number of hydrogen-bond donors (Lipinski definition) is 2. The summed E-state index contributed by atoms with van der Waals surface area (Å²) in [5.74, 6) is -0.129. The summed E-state index contributed by atoms with van der Waals surface area (Å²) in [6, 6.07) is 0. The summed E-state index contributed by atoms with van der Waals surface area (Å²) in [6.45, 7) is 4.11. The van der Waals surface area contributed by atoms with Gasteiger partial charge in [-0.1, -0.05) is 0 Å². The molecule has 0 spiro atoms. The number of carbonyl (C=O) groups excluding carboxylic acids is 1. The second-order valence-electron chi connectivity index (χ2n) is 4.36. The molecule has 1 amide bonds. The fourth-order valence-corrected chi connectivity index (χ4v) is 1.23. The molecule has 2 N–H and O–H groups in total. The van der Waals surface area contributed by atoms with Crippen LogP contribution in [-0.2, 0) is 4.79 Å². The Morgan fingerprint density at radius 3 is 2.25 bits per heavy atom. The van der Waals surface area contributed by atoms with Crippen LogP contribution in [0.15, 0.2) is 0 Å². The van der Waals surface area contributed by atoms with Crippen molar-refractivity contribution in [3.05, 3.63) is 0 Å². The van der Waals surface area contributed by atoms with Crippen molar-refractivity contribution in [2.75, 3.05) is 20.1 Å². The van der Waals surface area contributed by atoms with E-state index in [9.17, 15) is 18.0 Å². The van der Waals surface area contributed by atoms with E-state index < -0.39 is 18.0 Å². The zero-order valence-electron chi connectivity index (χ0n) is 9.87. The van der Waals surface area contributed by atoms with Crippen molar-refractivity contribution in [2.45, 2.75) is 32.9 Å². The van der Waals surface area contributed by atoms with E-state index in [2.05, 4.69) is 10.6 Å². The Bertz CT molecular complexity index is 227. The summed E-state index contributed by atoms with van der Waals surface area (Å²) >= 11 is 0. The molecule has 0 unspecified atom stereocenters. The van der Waals surface area contributed by atoms with Crippen LogP contribution >= 0.6 is 0 Å². The van der Waals surface area contributed by atoms with Crippen LogP contribution in [-0.4, -0.2) is 32.2 Å². The van der Waals surface area contributed by atoms with Gasteiger partial charge in [0.25, 0.3) is 0 Å². The van der Waals surface area contributed by atoms with Gasteiger partial charge in [0.15, 0.2) is 0 Å². The second-order valence-corrected chi connectivity index (χ2v) is 4.36. The maximum Gasteiger partial charge on any atom is 0.389 e. The molecule has 0 aliphatic carbocycles. The average Bonchev–Trinajstić information content (AvgIpc) is 2.14. The molecule has 0 aromatic heterocycles. The van der Waals surface area contributed by atoms with Gasteiger partial charge < -0.3 is 10.6 Å². The van der Waals surface area contributed by atoms with Gasteiger partial charge in [0.2, 0.25) is 5.91 Å². The first-order valence-electron chi connectivity index (χ1n) is 5.19. The molecule has 0 atom stereocenters. The quantitative estimate of drug-likeness (QED) is 0.694. The van der Waals surface area contributed by atoms with Crippen molar-refractivity contribution in [1.29, 1.82) is 0 Å².